The van der Waals surface area contributed by atoms with Gasteiger partial charge < -0.3 is 19.2 Å². The number of aryl methyl sites for hydroxylation is 1. The Kier molecular flexibility index (Phi) is 5.70. The number of nitrogens with zero attached hydrogens (tertiary/aromatic N) is 2. The van der Waals surface area contributed by atoms with E-state index < -0.39 is 5.82 Å². The van der Waals surface area contributed by atoms with Crippen LogP contribution in [0.25, 0.3) is 21.8 Å². The first kappa shape index (κ1) is 19.7. The molecule has 2 aromatic carbocycles. The largest absolute Gasteiger partial charge is 0.493 e. The minimum atomic E-state index is -0.440. The van der Waals surface area contributed by atoms with Crippen molar-refractivity contribution in [1.29, 1.82) is 0 Å². The van der Waals surface area contributed by atoms with Crippen LogP contribution in [0.2, 0.25) is 0 Å². The average molecular weight is 507 g/mol. The van der Waals surface area contributed by atoms with Gasteiger partial charge in [-0.2, -0.15) is 0 Å². The van der Waals surface area contributed by atoms with Crippen molar-refractivity contribution in [3.05, 3.63) is 48.2 Å². The lowest BCUT2D eigenvalue weighted by atomic mass is 10.2. The summed E-state index contributed by atoms with van der Waals surface area (Å²) in [5.41, 5.74) is 2.22. The Morgan fingerprint density at radius 2 is 1.93 bits per heavy atom. The van der Waals surface area contributed by atoms with Crippen molar-refractivity contribution < 1.29 is 18.6 Å². The Bertz CT molecular complexity index is 1180. The maximum Gasteiger partial charge on any atom is 0.230 e. The summed E-state index contributed by atoms with van der Waals surface area (Å²) in [6.07, 6.45) is 2.32. The molecule has 4 rings (SSSR count). The van der Waals surface area contributed by atoms with Crippen LogP contribution in [0.4, 0.5) is 4.39 Å². The van der Waals surface area contributed by atoms with Gasteiger partial charge in [0.2, 0.25) is 5.88 Å². The first-order valence-corrected chi connectivity index (χ1v) is 10.6. The highest BCUT2D eigenvalue weighted by Gasteiger charge is 2.16. The highest BCUT2D eigenvalue weighted by molar-refractivity contribution is 14.1. The zero-order chi connectivity index (χ0) is 20.4. The number of hydrogen-bond acceptors (Lipinski definition) is 5. The predicted molar refractivity (Wildman–Crippen MR) is 118 cm³/mol. The summed E-state index contributed by atoms with van der Waals surface area (Å²) in [5, 5.41) is 1.08. The summed E-state index contributed by atoms with van der Waals surface area (Å²) >= 11 is 2.31. The van der Waals surface area contributed by atoms with Gasteiger partial charge in [-0.1, -0.05) is 22.6 Å². The van der Waals surface area contributed by atoms with E-state index in [1.807, 2.05) is 6.92 Å². The normalized spacial score (nSPS) is 11.2. The highest BCUT2D eigenvalue weighted by Crippen LogP contribution is 2.37. The van der Waals surface area contributed by atoms with Crippen LogP contribution in [-0.4, -0.2) is 33.1 Å². The Morgan fingerprint density at radius 3 is 2.72 bits per heavy atom. The highest BCUT2D eigenvalue weighted by atomic mass is 127. The van der Waals surface area contributed by atoms with Gasteiger partial charge in [0, 0.05) is 27.1 Å². The van der Waals surface area contributed by atoms with Crippen LogP contribution >= 0.6 is 22.6 Å². The number of alkyl halides is 1. The maximum atomic E-state index is 14.9. The van der Waals surface area contributed by atoms with Gasteiger partial charge >= 0.3 is 0 Å². The zero-order valence-corrected chi connectivity index (χ0v) is 18.1. The third-order valence-electron chi connectivity index (χ3n) is 4.46. The summed E-state index contributed by atoms with van der Waals surface area (Å²) < 4.78 is 33.0. The molecule has 2 heterocycles. The van der Waals surface area contributed by atoms with Crippen LogP contribution in [0.1, 0.15) is 12.1 Å². The summed E-state index contributed by atoms with van der Waals surface area (Å²) in [7, 11) is 1.57. The van der Waals surface area contributed by atoms with Crippen molar-refractivity contribution in [1.82, 2.24) is 15.0 Å². The van der Waals surface area contributed by atoms with Gasteiger partial charge in [0.1, 0.15) is 6.33 Å². The molecule has 0 bridgehead atoms. The molecule has 0 aliphatic heterocycles. The van der Waals surface area contributed by atoms with Gasteiger partial charge in [0.25, 0.3) is 0 Å². The molecule has 0 spiro atoms. The summed E-state index contributed by atoms with van der Waals surface area (Å²) in [6.45, 7) is 2.46. The second-order valence-electron chi connectivity index (χ2n) is 6.48. The van der Waals surface area contributed by atoms with E-state index in [4.69, 9.17) is 14.2 Å². The number of rotatable bonds is 7. The third-order valence-corrected chi connectivity index (χ3v) is 5.23. The average Bonchev–Trinajstić information content (AvgIpc) is 3.11. The third kappa shape index (κ3) is 3.93. The molecule has 29 heavy (non-hydrogen) atoms. The van der Waals surface area contributed by atoms with E-state index in [0.29, 0.717) is 34.4 Å². The SMILES string of the molecule is COc1cc2c(Oc3ccc4[nH]c(C)cc4c3F)ncnc2cc1OCCCI. The Morgan fingerprint density at radius 1 is 1.07 bits per heavy atom. The quantitative estimate of drug-likeness (QED) is 0.202. The molecule has 4 aromatic rings. The van der Waals surface area contributed by atoms with Crippen molar-refractivity contribution in [2.75, 3.05) is 18.1 Å². The van der Waals surface area contributed by atoms with Crippen LogP contribution in [0, 0.1) is 12.7 Å². The molecule has 0 saturated carbocycles. The van der Waals surface area contributed by atoms with Gasteiger partial charge in [-0.3, -0.25) is 0 Å². The van der Waals surface area contributed by atoms with Crippen LogP contribution in [0.3, 0.4) is 0 Å². The smallest absolute Gasteiger partial charge is 0.230 e. The molecule has 0 unspecified atom stereocenters. The van der Waals surface area contributed by atoms with E-state index >= 15 is 0 Å². The molecule has 1 N–H and O–H groups in total. The van der Waals surface area contributed by atoms with E-state index in [1.54, 1.807) is 37.4 Å². The standard InChI is InChI=1S/C21H19FIN3O3/c1-12-8-13-15(26-12)4-5-17(20(13)22)29-21-14-9-18(27-2)19(28-7-3-6-23)10-16(14)24-11-25-21/h4-5,8-11,26H,3,6-7H2,1-2H3. The number of nitrogens with one attached hydrogen (secondary N) is 1. The Labute approximate surface area is 180 Å². The number of aromatic nitrogens is 3. The van der Waals surface area contributed by atoms with Gasteiger partial charge in [-0.05, 0) is 37.6 Å². The second-order valence-corrected chi connectivity index (χ2v) is 7.56. The lowest BCUT2D eigenvalue weighted by molar-refractivity contribution is 0.296. The second kappa shape index (κ2) is 8.40. The van der Waals surface area contributed by atoms with Crippen molar-refractivity contribution in [2.24, 2.45) is 0 Å². The fourth-order valence-electron chi connectivity index (χ4n) is 3.10. The molecule has 0 fully saturated rings. The number of halogens is 2. The first-order chi connectivity index (χ1) is 14.1. The van der Waals surface area contributed by atoms with E-state index in [2.05, 4.69) is 37.5 Å². The fraction of sp³-hybridized carbons (Fsp3) is 0.238. The topological polar surface area (TPSA) is 69.3 Å². The lowest BCUT2D eigenvalue weighted by Gasteiger charge is -2.13. The summed E-state index contributed by atoms with van der Waals surface area (Å²) in [6, 6.07) is 8.65. The monoisotopic (exact) mass is 507 g/mol. The van der Waals surface area contributed by atoms with Gasteiger partial charge in [-0.25, -0.2) is 14.4 Å². The van der Waals surface area contributed by atoms with E-state index in [1.165, 1.54) is 6.33 Å². The summed E-state index contributed by atoms with van der Waals surface area (Å²) in [5.74, 6) is 1.05. The molecule has 0 radical (unpaired) electrons. The predicted octanol–water partition coefficient (Wildman–Crippen LogP) is 5.56. The minimum absolute atomic E-state index is 0.0952. The van der Waals surface area contributed by atoms with Crippen LogP contribution < -0.4 is 14.2 Å². The van der Waals surface area contributed by atoms with Gasteiger partial charge in [0.05, 0.1) is 24.6 Å². The Balaban J connectivity index is 1.73. The van der Waals surface area contributed by atoms with Gasteiger partial charge in [0.15, 0.2) is 23.1 Å². The molecule has 0 saturated heterocycles. The lowest BCUT2D eigenvalue weighted by Crippen LogP contribution is -2.01. The van der Waals surface area contributed by atoms with Crippen molar-refractivity contribution in [3.8, 4) is 23.1 Å². The van der Waals surface area contributed by atoms with Crippen molar-refractivity contribution in [2.45, 2.75) is 13.3 Å². The molecule has 2 aromatic heterocycles. The number of benzene rings is 2. The molecule has 8 heteroatoms. The van der Waals surface area contributed by atoms with Gasteiger partial charge in [-0.15, -0.1) is 0 Å². The molecule has 0 aliphatic rings. The van der Waals surface area contributed by atoms with E-state index in [9.17, 15) is 4.39 Å². The van der Waals surface area contributed by atoms with Crippen LogP contribution in [0.5, 0.6) is 23.1 Å². The minimum Gasteiger partial charge on any atom is -0.493 e. The molecule has 6 nitrogen and oxygen atoms in total. The molecular formula is C21H19FIN3O3. The molecule has 0 amide bonds. The molecular weight excluding hydrogens is 488 g/mol. The van der Waals surface area contributed by atoms with E-state index in [0.717, 1.165) is 22.1 Å². The van der Waals surface area contributed by atoms with Crippen molar-refractivity contribution in [3.63, 3.8) is 0 Å². The summed E-state index contributed by atoms with van der Waals surface area (Å²) in [4.78, 5) is 11.6. The number of H-pyrrole nitrogens is 1. The molecule has 0 aliphatic carbocycles. The molecule has 0 atom stereocenters. The number of hydrogen-bond donors (Lipinski definition) is 1. The first-order valence-electron chi connectivity index (χ1n) is 9.08. The molecule has 150 valence electrons. The fourth-order valence-corrected chi connectivity index (χ4v) is 3.41. The maximum absolute atomic E-state index is 14.9. The Hall–Kier alpha value is -2.62. The van der Waals surface area contributed by atoms with Crippen LogP contribution in [-0.2, 0) is 0 Å². The number of aromatic amines is 1. The van der Waals surface area contributed by atoms with E-state index in [-0.39, 0.29) is 11.6 Å². The number of ether oxygens (including phenoxy) is 3. The zero-order valence-electron chi connectivity index (χ0n) is 16.0. The van der Waals surface area contributed by atoms with Crippen LogP contribution in [0.15, 0.2) is 36.7 Å². The van der Waals surface area contributed by atoms with Crippen molar-refractivity contribution >= 4 is 44.4 Å². The number of fused-ring (bicyclic) bond motifs is 2. The number of methoxy groups -OCH3 is 1.